The molecule has 0 bridgehead atoms. The summed E-state index contributed by atoms with van der Waals surface area (Å²) in [6, 6.07) is 7.87. The molecule has 1 aromatic heterocycles. The number of nitrogens with one attached hydrogen (secondary N) is 2. The van der Waals surface area contributed by atoms with E-state index in [2.05, 4.69) is 15.6 Å². The Morgan fingerprint density at radius 3 is 2.67 bits per heavy atom. The first-order valence-corrected chi connectivity index (χ1v) is 12.5. The molecule has 1 aromatic carbocycles. The van der Waals surface area contributed by atoms with Crippen LogP contribution in [0, 0.1) is 12.8 Å². The molecule has 1 unspecified atom stereocenters. The fourth-order valence-corrected chi connectivity index (χ4v) is 5.95. The van der Waals surface area contributed by atoms with Crippen LogP contribution in [-0.2, 0) is 22.6 Å². The SMILES string of the molecule is Cc1ccc(N2CC(C(=O)N3CCc4nc(NC(=O)NC5CCCC5)sc4C3)CC2=O)cc1. The van der Waals surface area contributed by atoms with Crippen LogP contribution in [0.1, 0.15) is 48.2 Å². The van der Waals surface area contributed by atoms with Gasteiger partial charge in [0.1, 0.15) is 0 Å². The number of benzene rings is 1. The highest BCUT2D eigenvalue weighted by Gasteiger charge is 2.38. The molecule has 2 fully saturated rings. The molecular weight excluding hydrogens is 438 g/mol. The highest BCUT2D eigenvalue weighted by atomic mass is 32.1. The molecule has 5 rings (SSSR count). The fraction of sp³-hybridized carbons (Fsp3) is 0.500. The second kappa shape index (κ2) is 9.13. The van der Waals surface area contributed by atoms with Crippen LogP contribution in [-0.4, -0.2) is 46.9 Å². The third-order valence-corrected chi connectivity index (χ3v) is 7.77. The number of carbonyl (C=O) groups excluding carboxylic acids is 3. The highest BCUT2D eigenvalue weighted by molar-refractivity contribution is 7.15. The lowest BCUT2D eigenvalue weighted by atomic mass is 10.1. The Labute approximate surface area is 197 Å². The first-order valence-electron chi connectivity index (χ1n) is 11.7. The summed E-state index contributed by atoms with van der Waals surface area (Å²) < 4.78 is 0. The molecule has 1 aliphatic carbocycles. The van der Waals surface area contributed by atoms with Crippen LogP contribution in [0.15, 0.2) is 24.3 Å². The summed E-state index contributed by atoms with van der Waals surface area (Å²) in [4.78, 5) is 47.2. The number of thiazole rings is 1. The van der Waals surface area contributed by atoms with Crippen molar-refractivity contribution in [3.05, 3.63) is 40.4 Å². The first kappa shape index (κ1) is 21.9. The van der Waals surface area contributed by atoms with Crippen LogP contribution in [0.5, 0.6) is 0 Å². The normalized spacial score (nSPS) is 20.8. The molecule has 0 spiro atoms. The van der Waals surface area contributed by atoms with Crippen molar-refractivity contribution in [2.75, 3.05) is 23.3 Å². The highest BCUT2D eigenvalue weighted by Crippen LogP contribution is 2.31. The van der Waals surface area contributed by atoms with Crippen molar-refractivity contribution in [2.24, 2.45) is 5.92 Å². The van der Waals surface area contributed by atoms with Gasteiger partial charge in [0.2, 0.25) is 11.8 Å². The summed E-state index contributed by atoms with van der Waals surface area (Å²) in [7, 11) is 0. The average molecular weight is 468 g/mol. The monoisotopic (exact) mass is 467 g/mol. The molecule has 33 heavy (non-hydrogen) atoms. The van der Waals surface area contributed by atoms with Gasteiger partial charge in [-0.1, -0.05) is 41.9 Å². The van der Waals surface area contributed by atoms with E-state index < -0.39 is 0 Å². The van der Waals surface area contributed by atoms with Gasteiger partial charge in [0.15, 0.2) is 5.13 Å². The van der Waals surface area contributed by atoms with Gasteiger partial charge in [0.05, 0.1) is 18.2 Å². The number of carbonyl (C=O) groups is 3. The second-order valence-electron chi connectivity index (χ2n) is 9.22. The van der Waals surface area contributed by atoms with Gasteiger partial charge in [-0.25, -0.2) is 9.78 Å². The van der Waals surface area contributed by atoms with E-state index in [-0.39, 0.29) is 36.2 Å². The minimum Gasteiger partial charge on any atom is -0.337 e. The molecule has 174 valence electrons. The van der Waals surface area contributed by atoms with E-state index in [1.165, 1.54) is 11.3 Å². The van der Waals surface area contributed by atoms with Crippen LogP contribution in [0.2, 0.25) is 0 Å². The quantitative estimate of drug-likeness (QED) is 0.720. The predicted octanol–water partition coefficient (Wildman–Crippen LogP) is 3.45. The van der Waals surface area contributed by atoms with Crippen molar-refractivity contribution in [1.29, 1.82) is 0 Å². The minimum absolute atomic E-state index is 0.00699. The van der Waals surface area contributed by atoms with Crippen molar-refractivity contribution >= 4 is 40.0 Å². The number of fused-ring (bicyclic) bond motifs is 1. The summed E-state index contributed by atoms with van der Waals surface area (Å²) in [5.41, 5.74) is 2.93. The van der Waals surface area contributed by atoms with Gasteiger partial charge in [-0.2, -0.15) is 0 Å². The summed E-state index contributed by atoms with van der Waals surface area (Å²) in [5.74, 6) is -0.319. The van der Waals surface area contributed by atoms with Gasteiger partial charge >= 0.3 is 6.03 Å². The lowest BCUT2D eigenvalue weighted by Gasteiger charge is -2.28. The Balaban J connectivity index is 1.19. The number of urea groups is 1. The van der Waals surface area contributed by atoms with E-state index in [9.17, 15) is 14.4 Å². The number of aromatic nitrogens is 1. The summed E-state index contributed by atoms with van der Waals surface area (Å²) in [6.07, 6.45) is 5.29. The summed E-state index contributed by atoms with van der Waals surface area (Å²) >= 11 is 1.43. The number of nitrogens with zero attached hydrogens (tertiary/aromatic N) is 3. The lowest BCUT2D eigenvalue weighted by molar-refractivity contribution is -0.136. The number of amides is 4. The maximum absolute atomic E-state index is 13.2. The zero-order valence-electron chi connectivity index (χ0n) is 18.8. The molecule has 1 saturated carbocycles. The molecule has 9 heteroatoms. The lowest BCUT2D eigenvalue weighted by Crippen LogP contribution is -2.40. The second-order valence-corrected chi connectivity index (χ2v) is 10.3. The summed E-state index contributed by atoms with van der Waals surface area (Å²) in [5, 5.41) is 6.45. The van der Waals surface area contributed by atoms with Crippen molar-refractivity contribution < 1.29 is 14.4 Å². The summed E-state index contributed by atoms with van der Waals surface area (Å²) in [6.45, 7) is 3.49. The Bertz CT molecular complexity index is 1060. The Hall–Kier alpha value is -2.94. The Morgan fingerprint density at radius 2 is 1.91 bits per heavy atom. The number of aryl methyl sites for hydroxylation is 1. The van der Waals surface area contributed by atoms with Crippen molar-refractivity contribution in [2.45, 2.75) is 58.0 Å². The maximum Gasteiger partial charge on any atom is 0.321 e. The number of rotatable bonds is 4. The van der Waals surface area contributed by atoms with E-state index >= 15 is 0 Å². The van der Waals surface area contributed by atoms with Gasteiger partial charge in [-0.05, 0) is 31.9 Å². The van der Waals surface area contributed by atoms with E-state index in [1.807, 2.05) is 36.1 Å². The van der Waals surface area contributed by atoms with E-state index in [0.717, 1.165) is 47.5 Å². The molecule has 8 nitrogen and oxygen atoms in total. The molecule has 2 N–H and O–H groups in total. The predicted molar refractivity (Wildman–Crippen MR) is 127 cm³/mol. The fourth-order valence-electron chi connectivity index (χ4n) is 4.93. The average Bonchev–Trinajstić information content (AvgIpc) is 3.53. The number of hydrogen-bond donors (Lipinski definition) is 2. The van der Waals surface area contributed by atoms with Crippen molar-refractivity contribution in [1.82, 2.24) is 15.2 Å². The molecule has 4 amide bonds. The Kier molecular flexibility index (Phi) is 6.05. The Morgan fingerprint density at radius 1 is 1.15 bits per heavy atom. The van der Waals surface area contributed by atoms with Crippen LogP contribution < -0.4 is 15.5 Å². The minimum atomic E-state index is -0.331. The number of anilines is 2. The van der Waals surface area contributed by atoms with Crippen LogP contribution in [0.3, 0.4) is 0 Å². The third kappa shape index (κ3) is 4.73. The van der Waals surface area contributed by atoms with Gasteiger partial charge in [-0.3, -0.25) is 14.9 Å². The smallest absolute Gasteiger partial charge is 0.321 e. The zero-order chi connectivity index (χ0) is 22.9. The van der Waals surface area contributed by atoms with Crippen LogP contribution >= 0.6 is 11.3 Å². The van der Waals surface area contributed by atoms with Gasteiger partial charge in [0.25, 0.3) is 0 Å². The van der Waals surface area contributed by atoms with Gasteiger partial charge in [0, 0.05) is 42.5 Å². The molecule has 2 aromatic rings. The zero-order valence-corrected chi connectivity index (χ0v) is 19.6. The van der Waals surface area contributed by atoms with E-state index in [4.69, 9.17) is 0 Å². The molecule has 1 saturated heterocycles. The largest absolute Gasteiger partial charge is 0.337 e. The topological polar surface area (TPSA) is 94.6 Å². The van der Waals surface area contributed by atoms with E-state index in [0.29, 0.717) is 31.2 Å². The first-order chi connectivity index (χ1) is 16.0. The molecule has 2 aliphatic heterocycles. The van der Waals surface area contributed by atoms with Crippen molar-refractivity contribution in [3.63, 3.8) is 0 Å². The van der Waals surface area contributed by atoms with Crippen molar-refractivity contribution in [3.8, 4) is 0 Å². The molecule has 1 atom stereocenters. The van der Waals surface area contributed by atoms with Crippen LogP contribution in [0.25, 0.3) is 0 Å². The van der Waals surface area contributed by atoms with E-state index in [1.54, 1.807) is 4.90 Å². The molecular formula is C24H29N5O3S. The van der Waals surface area contributed by atoms with Gasteiger partial charge < -0.3 is 15.1 Å². The maximum atomic E-state index is 13.2. The standard InChI is InChI=1S/C24H29N5O3S/c1-15-6-8-18(9-7-15)29-13-16(12-21(29)30)22(31)28-11-10-19-20(14-28)33-24(26-19)27-23(32)25-17-4-2-3-5-17/h6-9,16-17H,2-5,10-14H2,1H3,(H2,25,26,27,32). The van der Waals surface area contributed by atoms with Gasteiger partial charge in [-0.15, -0.1) is 0 Å². The molecule has 3 heterocycles. The third-order valence-electron chi connectivity index (χ3n) is 6.77. The molecule has 3 aliphatic rings. The molecule has 0 radical (unpaired) electrons. The van der Waals surface area contributed by atoms with Crippen LogP contribution in [0.4, 0.5) is 15.6 Å². The number of hydrogen-bond acceptors (Lipinski definition) is 5.